The van der Waals surface area contributed by atoms with Gasteiger partial charge in [0, 0.05) is 38.3 Å². The minimum Gasteiger partial charge on any atom is -0.324 e. The molecule has 148 valence electrons. The SMILES string of the molecule is Cn1c(=O)c2nc(SCCC(=O)Nc3ccc(Cl)cc3F)n(C)c2n(C)c1=O. The number of amides is 1. The van der Waals surface area contributed by atoms with E-state index in [2.05, 4.69) is 10.3 Å². The zero-order chi connectivity index (χ0) is 20.6. The van der Waals surface area contributed by atoms with Gasteiger partial charge in [0.25, 0.3) is 5.56 Å². The lowest BCUT2D eigenvalue weighted by molar-refractivity contribution is -0.115. The second-order valence-electron chi connectivity index (χ2n) is 6.10. The molecule has 0 bridgehead atoms. The Balaban J connectivity index is 1.72. The molecule has 0 spiro atoms. The summed E-state index contributed by atoms with van der Waals surface area (Å²) < 4.78 is 17.7. The predicted molar refractivity (Wildman–Crippen MR) is 107 cm³/mol. The summed E-state index contributed by atoms with van der Waals surface area (Å²) in [6.07, 6.45) is 0.104. The van der Waals surface area contributed by atoms with Crippen molar-refractivity contribution in [1.29, 1.82) is 0 Å². The zero-order valence-corrected chi connectivity index (χ0v) is 16.9. The molecule has 0 aliphatic heterocycles. The third kappa shape index (κ3) is 3.69. The lowest BCUT2D eigenvalue weighted by Crippen LogP contribution is -2.37. The first-order valence-corrected chi connectivity index (χ1v) is 9.57. The van der Waals surface area contributed by atoms with Crippen LogP contribution in [0.1, 0.15) is 6.42 Å². The molecule has 0 radical (unpaired) electrons. The number of carbonyl (C=O) groups is 1. The summed E-state index contributed by atoms with van der Waals surface area (Å²) in [4.78, 5) is 40.7. The Morgan fingerprint density at radius 1 is 1.21 bits per heavy atom. The van der Waals surface area contributed by atoms with E-state index in [-0.39, 0.29) is 28.6 Å². The largest absolute Gasteiger partial charge is 0.332 e. The molecule has 0 aliphatic carbocycles. The molecule has 2 aromatic heterocycles. The van der Waals surface area contributed by atoms with Crippen LogP contribution in [0.2, 0.25) is 5.02 Å². The van der Waals surface area contributed by atoms with Crippen molar-refractivity contribution in [1.82, 2.24) is 18.7 Å². The van der Waals surface area contributed by atoms with Crippen LogP contribution in [0.15, 0.2) is 32.9 Å². The van der Waals surface area contributed by atoms with Crippen molar-refractivity contribution in [3.05, 3.63) is 49.9 Å². The molecule has 0 atom stereocenters. The van der Waals surface area contributed by atoms with E-state index in [9.17, 15) is 18.8 Å². The van der Waals surface area contributed by atoms with Crippen LogP contribution in [0.3, 0.4) is 0 Å². The first-order chi connectivity index (χ1) is 13.2. The van der Waals surface area contributed by atoms with Gasteiger partial charge in [-0.3, -0.25) is 18.7 Å². The van der Waals surface area contributed by atoms with Crippen molar-refractivity contribution in [2.24, 2.45) is 21.1 Å². The fourth-order valence-electron chi connectivity index (χ4n) is 2.73. The minimum atomic E-state index is -0.611. The minimum absolute atomic E-state index is 0.0561. The van der Waals surface area contributed by atoms with Crippen molar-refractivity contribution in [2.75, 3.05) is 11.1 Å². The molecule has 1 N–H and O–H groups in total. The summed E-state index contributed by atoms with van der Waals surface area (Å²) in [5.74, 6) is -0.622. The lowest BCUT2D eigenvalue weighted by atomic mass is 10.3. The number of aryl methyl sites for hydroxylation is 2. The Morgan fingerprint density at radius 3 is 2.61 bits per heavy atom. The van der Waals surface area contributed by atoms with Gasteiger partial charge < -0.3 is 9.88 Å². The van der Waals surface area contributed by atoms with Gasteiger partial charge in [0.15, 0.2) is 16.3 Å². The highest BCUT2D eigenvalue weighted by Crippen LogP contribution is 2.22. The highest BCUT2D eigenvalue weighted by Gasteiger charge is 2.17. The average Bonchev–Trinajstić information content (AvgIpc) is 2.97. The summed E-state index contributed by atoms with van der Waals surface area (Å²) in [6.45, 7) is 0. The number of nitrogens with zero attached hydrogens (tertiary/aromatic N) is 4. The second kappa shape index (κ2) is 7.80. The number of benzene rings is 1. The molecule has 0 fully saturated rings. The van der Waals surface area contributed by atoms with Gasteiger partial charge in [-0.25, -0.2) is 14.2 Å². The highest BCUT2D eigenvalue weighted by atomic mass is 35.5. The number of rotatable bonds is 5. The molecule has 0 saturated heterocycles. The van der Waals surface area contributed by atoms with Gasteiger partial charge in [-0.05, 0) is 18.2 Å². The molecule has 1 amide bonds. The highest BCUT2D eigenvalue weighted by molar-refractivity contribution is 7.99. The molecular formula is C17H17ClFN5O3S. The third-order valence-electron chi connectivity index (χ3n) is 4.19. The van der Waals surface area contributed by atoms with Crippen LogP contribution in [0.4, 0.5) is 10.1 Å². The fourth-order valence-corrected chi connectivity index (χ4v) is 3.79. The smallest absolute Gasteiger partial charge is 0.324 e. The van der Waals surface area contributed by atoms with E-state index < -0.39 is 17.1 Å². The van der Waals surface area contributed by atoms with Crippen molar-refractivity contribution in [3.8, 4) is 0 Å². The van der Waals surface area contributed by atoms with E-state index in [4.69, 9.17) is 11.6 Å². The second-order valence-corrected chi connectivity index (χ2v) is 7.60. The van der Waals surface area contributed by atoms with E-state index in [1.54, 1.807) is 18.7 Å². The normalized spacial score (nSPS) is 11.2. The van der Waals surface area contributed by atoms with E-state index >= 15 is 0 Å². The van der Waals surface area contributed by atoms with Crippen molar-refractivity contribution in [2.45, 2.75) is 11.6 Å². The zero-order valence-electron chi connectivity index (χ0n) is 15.3. The first kappa shape index (κ1) is 20.2. The monoisotopic (exact) mass is 425 g/mol. The van der Waals surface area contributed by atoms with E-state index in [1.807, 2.05) is 0 Å². The Kier molecular flexibility index (Phi) is 5.61. The molecule has 2 heterocycles. The number of anilines is 1. The predicted octanol–water partition coefficient (Wildman–Crippen LogP) is 1.88. The quantitative estimate of drug-likeness (QED) is 0.630. The Bertz CT molecular complexity index is 1200. The molecule has 3 aromatic rings. The molecule has 0 aliphatic rings. The summed E-state index contributed by atoms with van der Waals surface area (Å²) in [7, 11) is 4.65. The summed E-state index contributed by atoms with van der Waals surface area (Å²) >= 11 is 6.94. The van der Waals surface area contributed by atoms with Crippen LogP contribution in [0.5, 0.6) is 0 Å². The summed E-state index contributed by atoms with van der Waals surface area (Å²) in [6, 6.07) is 4.00. The Hall–Kier alpha value is -2.59. The van der Waals surface area contributed by atoms with Crippen LogP contribution in [0, 0.1) is 5.82 Å². The number of carbonyl (C=O) groups excluding carboxylic acids is 1. The number of halogens is 2. The van der Waals surface area contributed by atoms with Gasteiger partial charge >= 0.3 is 5.69 Å². The number of fused-ring (bicyclic) bond motifs is 1. The van der Waals surface area contributed by atoms with Gasteiger partial charge in [0.1, 0.15) is 5.82 Å². The van der Waals surface area contributed by atoms with E-state index in [1.165, 1.54) is 35.5 Å². The van der Waals surface area contributed by atoms with E-state index in [0.717, 1.165) is 10.6 Å². The van der Waals surface area contributed by atoms with Crippen LogP contribution in [-0.2, 0) is 25.9 Å². The van der Waals surface area contributed by atoms with Crippen LogP contribution in [-0.4, -0.2) is 30.3 Å². The van der Waals surface area contributed by atoms with Crippen molar-refractivity contribution < 1.29 is 9.18 Å². The van der Waals surface area contributed by atoms with E-state index in [0.29, 0.717) is 16.6 Å². The van der Waals surface area contributed by atoms with Crippen molar-refractivity contribution in [3.63, 3.8) is 0 Å². The molecule has 8 nitrogen and oxygen atoms in total. The molecule has 28 heavy (non-hydrogen) atoms. The first-order valence-electron chi connectivity index (χ1n) is 8.21. The number of hydrogen-bond donors (Lipinski definition) is 1. The summed E-state index contributed by atoms with van der Waals surface area (Å²) in [5, 5.41) is 3.23. The van der Waals surface area contributed by atoms with Crippen LogP contribution in [0.25, 0.3) is 11.2 Å². The number of thioether (sulfide) groups is 1. The molecule has 1 aromatic carbocycles. The number of aromatic nitrogens is 4. The topological polar surface area (TPSA) is 90.9 Å². The number of imidazole rings is 1. The molecule has 0 unspecified atom stereocenters. The Morgan fingerprint density at radius 2 is 1.93 bits per heavy atom. The van der Waals surface area contributed by atoms with Gasteiger partial charge in [-0.2, -0.15) is 0 Å². The van der Waals surface area contributed by atoms with Gasteiger partial charge in [0.2, 0.25) is 5.91 Å². The molecule has 0 saturated carbocycles. The molecule has 11 heteroatoms. The van der Waals surface area contributed by atoms with Gasteiger partial charge in [-0.1, -0.05) is 23.4 Å². The van der Waals surface area contributed by atoms with Crippen LogP contribution < -0.4 is 16.6 Å². The molecule has 3 rings (SSSR count). The average molecular weight is 426 g/mol. The number of nitrogens with one attached hydrogen (secondary N) is 1. The maximum atomic E-state index is 13.7. The fraction of sp³-hybridized carbons (Fsp3) is 0.294. The summed E-state index contributed by atoms with van der Waals surface area (Å²) in [5.41, 5.74) is -0.274. The lowest BCUT2D eigenvalue weighted by Gasteiger charge is -2.07. The van der Waals surface area contributed by atoms with Gasteiger partial charge in [-0.15, -0.1) is 0 Å². The van der Waals surface area contributed by atoms with Gasteiger partial charge in [0.05, 0.1) is 5.69 Å². The van der Waals surface area contributed by atoms with Crippen molar-refractivity contribution >= 4 is 46.1 Å². The number of hydrogen-bond acceptors (Lipinski definition) is 5. The molecular weight excluding hydrogens is 409 g/mol. The Labute approximate surface area is 167 Å². The maximum Gasteiger partial charge on any atom is 0.332 e. The standard InChI is InChI=1S/C17H17ClFN5O3S/c1-22-14-13(15(26)24(3)17(27)23(14)2)21-16(22)28-7-6-12(25)20-11-5-4-9(18)8-10(11)19/h4-5,8H,6-7H2,1-3H3,(H,20,25). The third-order valence-corrected chi connectivity index (χ3v) is 5.45. The maximum absolute atomic E-state index is 13.7. The van der Waals surface area contributed by atoms with Crippen LogP contribution >= 0.6 is 23.4 Å².